The molecule has 1 aliphatic heterocycles. The van der Waals surface area contributed by atoms with Crippen molar-refractivity contribution in [1.82, 2.24) is 0 Å². The van der Waals surface area contributed by atoms with E-state index in [1.54, 1.807) is 0 Å². The van der Waals surface area contributed by atoms with E-state index in [1.807, 2.05) is 0 Å². The average molecular weight is 374 g/mol. The molecular weight excluding hydrogens is 352 g/mol. The van der Waals surface area contributed by atoms with E-state index in [0.29, 0.717) is 6.29 Å². The van der Waals surface area contributed by atoms with Gasteiger partial charge in [-0.3, -0.25) is 19.2 Å². The van der Waals surface area contributed by atoms with Gasteiger partial charge in [0.2, 0.25) is 0 Å². The number of hydrogen-bond donors (Lipinski definition) is 0. The van der Waals surface area contributed by atoms with Crippen LogP contribution >= 0.6 is 0 Å². The van der Waals surface area contributed by atoms with Crippen LogP contribution in [0, 0.1) is 0 Å². The largest absolute Gasteiger partial charge is 0.463 e. The van der Waals surface area contributed by atoms with E-state index < -0.39 is 54.4 Å². The standard InChI is InChI=1S/C16H22O10/c1-8(18)22-7-13-15(24-10(3)20)16(25-11(4)21)14(23-9(2)19)12(26-13)5-6-17/h6,12-16H,5,7H2,1-4H3/t12-,13?,14?,15-,16+/m0/s1. The molecule has 1 rings (SSSR count). The molecule has 0 bridgehead atoms. The minimum Gasteiger partial charge on any atom is -0.463 e. The van der Waals surface area contributed by atoms with Crippen LogP contribution in [0.25, 0.3) is 0 Å². The summed E-state index contributed by atoms with van der Waals surface area (Å²) in [5, 5.41) is 0. The number of ether oxygens (including phenoxy) is 5. The lowest BCUT2D eigenvalue weighted by Crippen LogP contribution is -2.62. The first-order valence-corrected chi connectivity index (χ1v) is 7.89. The van der Waals surface area contributed by atoms with Crippen LogP contribution in [-0.2, 0) is 47.7 Å². The molecule has 0 N–H and O–H groups in total. The Balaban J connectivity index is 3.24. The molecule has 0 aromatic heterocycles. The maximum Gasteiger partial charge on any atom is 0.303 e. The van der Waals surface area contributed by atoms with Gasteiger partial charge in [0, 0.05) is 34.1 Å². The third kappa shape index (κ3) is 6.43. The van der Waals surface area contributed by atoms with E-state index in [1.165, 1.54) is 6.92 Å². The maximum absolute atomic E-state index is 11.5. The minimum atomic E-state index is -1.24. The minimum absolute atomic E-state index is 0.181. The van der Waals surface area contributed by atoms with Crippen molar-refractivity contribution in [3.8, 4) is 0 Å². The molecule has 1 saturated heterocycles. The van der Waals surface area contributed by atoms with Gasteiger partial charge in [0.1, 0.15) is 25.1 Å². The maximum atomic E-state index is 11.5. The zero-order valence-electron chi connectivity index (χ0n) is 15.0. The molecule has 5 atom stereocenters. The fraction of sp³-hybridized carbons (Fsp3) is 0.688. The van der Waals surface area contributed by atoms with Crippen molar-refractivity contribution >= 4 is 30.2 Å². The summed E-state index contributed by atoms with van der Waals surface area (Å²) < 4.78 is 26.1. The van der Waals surface area contributed by atoms with E-state index in [0.717, 1.165) is 20.8 Å². The van der Waals surface area contributed by atoms with Gasteiger partial charge in [-0.15, -0.1) is 0 Å². The number of aldehydes is 1. The molecule has 0 aromatic rings. The second-order valence-electron chi connectivity index (χ2n) is 5.64. The van der Waals surface area contributed by atoms with Crippen molar-refractivity contribution in [2.75, 3.05) is 6.61 Å². The van der Waals surface area contributed by atoms with Gasteiger partial charge in [-0.05, 0) is 0 Å². The van der Waals surface area contributed by atoms with Gasteiger partial charge in [-0.1, -0.05) is 0 Å². The SMILES string of the molecule is CC(=O)OCC1O[C@@H](CC=O)C(OC(C)=O)[C@@H](OC(C)=O)[C@H]1OC(C)=O. The summed E-state index contributed by atoms with van der Waals surface area (Å²) in [5.74, 6) is -2.73. The van der Waals surface area contributed by atoms with Crippen LogP contribution in [0.2, 0.25) is 0 Å². The Kier molecular flexibility index (Phi) is 8.17. The van der Waals surface area contributed by atoms with Crippen molar-refractivity contribution in [3.05, 3.63) is 0 Å². The highest BCUT2D eigenvalue weighted by Gasteiger charge is 2.51. The monoisotopic (exact) mass is 374 g/mol. The summed E-state index contributed by atoms with van der Waals surface area (Å²) in [5.41, 5.74) is 0. The summed E-state index contributed by atoms with van der Waals surface area (Å²) in [7, 11) is 0. The van der Waals surface area contributed by atoms with Crippen molar-refractivity contribution in [2.45, 2.75) is 64.6 Å². The van der Waals surface area contributed by atoms with E-state index in [4.69, 9.17) is 23.7 Å². The Bertz CT molecular complexity index is 557. The fourth-order valence-corrected chi connectivity index (χ4v) is 2.60. The normalized spacial score (nSPS) is 27.8. The second-order valence-corrected chi connectivity index (χ2v) is 5.64. The number of hydrogen-bond acceptors (Lipinski definition) is 10. The number of esters is 4. The number of carbonyl (C=O) groups excluding carboxylic acids is 5. The van der Waals surface area contributed by atoms with Gasteiger partial charge in [-0.25, -0.2) is 0 Å². The highest BCUT2D eigenvalue weighted by atomic mass is 16.7. The van der Waals surface area contributed by atoms with Crippen LogP contribution in [0.5, 0.6) is 0 Å². The topological polar surface area (TPSA) is 132 Å². The molecule has 0 amide bonds. The summed E-state index contributed by atoms with van der Waals surface area (Å²) in [6.07, 6.45) is -5.26. The van der Waals surface area contributed by atoms with E-state index in [2.05, 4.69) is 0 Å². The molecule has 0 spiro atoms. The molecule has 0 saturated carbocycles. The van der Waals surface area contributed by atoms with Gasteiger partial charge < -0.3 is 28.5 Å². The zero-order chi connectivity index (χ0) is 19.9. The van der Waals surface area contributed by atoms with Gasteiger partial charge in [-0.2, -0.15) is 0 Å². The number of rotatable bonds is 7. The molecule has 10 heteroatoms. The molecule has 146 valence electrons. The van der Waals surface area contributed by atoms with Gasteiger partial charge in [0.25, 0.3) is 0 Å². The van der Waals surface area contributed by atoms with E-state index in [9.17, 15) is 24.0 Å². The van der Waals surface area contributed by atoms with E-state index in [-0.39, 0.29) is 13.0 Å². The molecule has 1 fully saturated rings. The van der Waals surface area contributed by atoms with Crippen LogP contribution < -0.4 is 0 Å². The summed E-state index contributed by atoms with van der Waals surface area (Å²) >= 11 is 0. The second kappa shape index (κ2) is 9.85. The predicted octanol–water partition coefficient (Wildman–Crippen LogP) is -0.299. The van der Waals surface area contributed by atoms with Crippen LogP contribution in [0.3, 0.4) is 0 Å². The third-order valence-corrected chi connectivity index (χ3v) is 3.42. The van der Waals surface area contributed by atoms with Gasteiger partial charge in [0.05, 0.1) is 0 Å². The molecule has 26 heavy (non-hydrogen) atoms. The quantitative estimate of drug-likeness (QED) is 0.332. The Morgan fingerprint density at radius 2 is 1.23 bits per heavy atom. The molecule has 1 aliphatic rings. The van der Waals surface area contributed by atoms with Crippen molar-refractivity contribution in [2.24, 2.45) is 0 Å². The molecule has 0 aliphatic carbocycles. The Morgan fingerprint density at radius 3 is 1.65 bits per heavy atom. The summed E-state index contributed by atoms with van der Waals surface area (Å²) in [6, 6.07) is 0. The van der Waals surface area contributed by atoms with Crippen molar-refractivity contribution in [1.29, 1.82) is 0 Å². The lowest BCUT2D eigenvalue weighted by atomic mass is 9.93. The van der Waals surface area contributed by atoms with Crippen LogP contribution in [-0.4, -0.2) is 67.3 Å². The highest BCUT2D eigenvalue weighted by molar-refractivity contribution is 5.69. The first-order valence-electron chi connectivity index (χ1n) is 7.89. The summed E-state index contributed by atoms with van der Waals surface area (Å²) in [6.45, 7) is 4.26. The molecule has 2 unspecified atom stereocenters. The average Bonchev–Trinajstić information content (AvgIpc) is 2.50. The van der Waals surface area contributed by atoms with Gasteiger partial charge >= 0.3 is 23.9 Å². The zero-order valence-corrected chi connectivity index (χ0v) is 15.0. The van der Waals surface area contributed by atoms with Gasteiger partial charge in [0.15, 0.2) is 18.3 Å². The van der Waals surface area contributed by atoms with Crippen molar-refractivity contribution < 1.29 is 47.7 Å². The lowest BCUT2D eigenvalue weighted by molar-refractivity contribution is -0.252. The molecule has 0 aromatic carbocycles. The lowest BCUT2D eigenvalue weighted by Gasteiger charge is -2.44. The number of carbonyl (C=O) groups is 5. The smallest absolute Gasteiger partial charge is 0.303 e. The van der Waals surface area contributed by atoms with Crippen LogP contribution in [0.4, 0.5) is 0 Å². The predicted molar refractivity (Wildman–Crippen MR) is 82.6 cm³/mol. The Morgan fingerprint density at radius 1 is 0.769 bits per heavy atom. The molecular formula is C16H22O10. The first kappa shape index (κ1) is 21.6. The molecule has 0 radical (unpaired) electrons. The third-order valence-electron chi connectivity index (χ3n) is 3.42. The highest BCUT2D eigenvalue weighted by Crippen LogP contribution is 2.30. The fourth-order valence-electron chi connectivity index (χ4n) is 2.60. The van der Waals surface area contributed by atoms with Crippen LogP contribution in [0.15, 0.2) is 0 Å². The van der Waals surface area contributed by atoms with E-state index >= 15 is 0 Å². The molecule has 1 heterocycles. The van der Waals surface area contributed by atoms with Crippen molar-refractivity contribution in [3.63, 3.8) is 0 Å². The van der Waals surface area contributed by atoms with Crippen LogP contribution in [0.1, 0.15) is 34.1 Å². The molecule has 10 nitrogen and oxygen atoms in total. The first-order chi connectivity index (χ1) is 12.1. The Hall–Kier alpha value is -2.49. The summed E-state index contributed by atoms with van der Waals surface area (Å²) in [4.78, 5) is 56.5. The Labute approximate surface area is 150 Å².